The van der Waals surface area contributed by atoms with Gasteiger partial charge >= 0.3 is 5.97 Å². The summed E-state index contributed by atoms with van der Waals surface area (Å²) in [6.07, 6.45) is 1.71. The number of nitrogens with zero attached hydrogens (tertiary/aromatic N) is 1. The van der Waals surface area contributed by atoms with Crippen LogP contribution in [0, 0.1) is 5.82 Å². The molecule has 0 radical (unpaired) electrons. The molecule has 1 heterocycles. The summed E-state index contributed by atoms with van der Waals surface area (Å²) < 4.78 is 51.9. The SMILES string of the molecule is CCCCN1CC(COC(=O)CCC)Oc2cccc(F)c2S1(=O)=O. The van der Waals surface area contributed by atoms with Crippen molar-refractivity contribution in [3.8, 4) is 5.75 Å². The number of sulfonamides is 1. The van der Waals surface area contributed by atoms with Crippen LogP contribution in [0.2, 0.25) is 0 Å². The third-order valence-corrected chi connectivity index (χ3v) is 5.80. The van der Waals surface area contributed by atoms with Crippen molar-refractivity contribution in [2.45, 2.75) is 50.5 Å². The highest BCUT2D eigenvalue weighted by Crippen LogP contribution is 2.33. The highest BCUT2D eigenvalue weighted by atomic mass is 32.2. The number of hydrogen-bond acceptors (Lipinski definition) is 5. The molecule has 0 saturated heterocycles. The number of halogens is 1. The van der Waals surface area contributed by atoms with Crippen LogP contribution in [0.15, 0.2) is 23.1 Å². The second kappa shape index (κ2) is 8.62. The highest BCUT2D eigenvalue weighted by molar-refractivity contribution is 7.89. The minimum absolute atomic E-state index is 0.00978. The number of esters is 1. The lowest BCUT2D eigenvalue weighted by Crippen LogP contribution is -2.40. The van der Waals surface area contributed by atoms with E-state index in [4.69, 9.17) is 9.47 Å². The van der Waals surface area contributed by atoms with Crippen LogP contribution in [0.25, 0.3) is 0 Å². The third kappa shape index (κ3) is 4.70. The Kier molecular flexibility index (Phi) is 6.78. The first kappa shape index (κ1) is 19.7. The van der Waals surface area contributed by atoms with Crippen LogP contribution in [0.3, 0.4) is 0 Å². The van der Waals surface area contributed by atoms with Gasteiger partial charge in [0.2, 0.25) is 10.0 Å². The van der Waals surface area contributed by atoms with E-state index >= 15 is 0 Å². The largest absolute Gasteiger partial charge is 0.484 e. The van der Waals surface area contributed by atoms with Crippen LogP contribution in [-0.4, -0.2) is 44.5 Å². The van der Waals surface area contributed by atoms with Crippen molar-refractivity contribution >= 4 is 16.0 Å². The van der Waals surface area contributed by atoms with Gasteiger partial charge in [-0.2, -0.15) is 4.31 Å². The monoisotopic (exact) mass is 373 g/mol. The van der Waals surface area contributed by atoms with E-state index in [-0.39, 0.29) is 37.8 Å². The summed E-state index contributed by atoms with van der Waals surface area (Å²) in [4.78, 5) is 11.1. The van der Waals surface area contributed by atoms with E-state index in [2.05, 4.69) is 0 Å². The van der Waals surface area contributed by atoms with Crippen LogP contribution in [-0.2, 0) is 19.6 Å². The fourth-order valence-corrected chi connectivity index (χ4v) is 4.27. The van der Waals surface area contributed by atoms with Crippen LogP contribution in [0.1, 0.15) is 39.5 Å². The summed E-state index contributed by atoms with van der Waals surface area (Å²) in [5.41, 5.74) is 0. The molecule has 1 aromatic rings. The van der Waals surface area contributed by atoms with Crippen molar-refractivity contribution in [2.24, 2.45) is 0 Å². The number of ether oxygens (including phenoxy) is 2. The Morgan fingerprint density at radius 1 is 1.36 bits per heavy atom. The van der Waals surface area contributed by atoms with Crippen LogP contribution < -0.4 is 4.74 Å². The zero-order valence-electron chi connectivity index (χ0n) is 14.5. The number of carbonyl (C=O) groups excluding carboxylic acids is 1. The molecular formula is C17H24FNO5S. The summed E-state index contributed by atoms with van der Waals surface area (Å²) in [5, 5.41) is 0. The Bertz CT molecular complexity index is 707. The molecule has 140 valence electrons. The molecule has 8 heteroatoms. The predicted molar refractivity (Wildman–Crippen MR) is 90.3 cm³/mol. The van der Waals surface area contributed by atoms with E-state index in [1.54, 1.807) is 0 Å². The van der Waals surface area contributed by atoms with Gasteiger partial charge in [-0.25, -0.2) is 12.8 Å². The lowest BCUT2D eigenvalue weighted by molar-refractivity contribution is -0.146. The Hall–Kier alpha value is -1.67. The molecule has 1 aromatic carbocycles. The Morgan fingerprint density at radius 3 is 2.80 bits per heavy atom. The van der Waals surface area contributed by atoms with E-state index < -0.39 is 26.8 Å². The van der Waals surface area contributed by atoms with Gasteiger partial charge in [0.1, 0.15) is 24.3 Å². The third-order valence-electron chi connectivity index (χ3n) is 3.88. The van der Waals surface area contributed by atoms with Gasteiger partial charge in [0.25, 0.3) is 0 Å². The maximum absolute atomic E-state index is 14.2. The molecular weight excluding hydrogens is 349 g/mol. The smallest absolute Gasteiger partial charge is 0.305 e. The van der Waals surface area contributed by atoms with Gasteiger partial charge in [-0.05, 0) is 25.0 Å². The van der Waals surface area contributed by atoms with Crippen molar-refractivity contribution in [3.63, 3.8) is 0 Å². The first-order valence-corrected chi connectivity index (χ1v) is 9.95. The minimum Gasteiger partial charge on any atom is -0.484 e. The molecule has 0 amide bonds. The standard InChI is InChI=1S/C17H24FNO5S/c1-3-5-10-19-11-13(12-23-16(20)7-4-2)24-15-9-6-8-14(18)17(15)25(19,21)22/h6,8-9,13H,3-5,7,10-12H2,1-2H3. The van der Waals surface area contributed by atoms with Crippen molar-refractivity contribution in [1.29, 1.82) is 0 Å². The summed E-state index contributed by atoms with van der Waals surface area (Å²) >= 11 is 0. The van der Waals surface area contributed by atoms with E-state index in [1.807, 2.05) is 13.8 Å². The van der Waals surface area contributed by atoms with Gasteiger partial charge in [-0.15, -0.1) is 0 Å². The summed E-state index contributed by atoms with van der Waals surface area (Å²) in [7, 11) is -4.01. The number of benzene rings is 1. The van der Waals surface area contributed by atoms with E-state index in [0.717, 1.165) is 12.5 Å². The Labute approximate surface area is 148 Å². The molecule has 0 N–H and O–H groups in total. The quantitative estimate of drug-likeness (QED) is 0.687. The van der Waals surface area contributed by atoms with Crippen LogP contribution in [0.5, 0.6) is 5.75 Å². The average Bonchev–Trinajstić information content (AvgIpc) is 2.66. The summed E-state index contributed by atoms with van der Waals surface area (Å²) in [5.74, 6) is -1.25. The molecule has 1 unspecified atom stereocenters. The first-order chi connectivity index (χ1) is 11.9. The van der Waals surface area contributed by atoms with Gasteiger partial charge in [0.05, 0.1) is 6.54 Å². The summed E-state index contributed by atoms with van der Waals surface area (Å²) in [6, 6.07) is 3.91. The molecule has 0 bridgehead atoms. The van der Waals surface area contributed by atoms with Gasteiger partial charge in [0, 0.05) is 13.0 Å². The molecule has 1 atom stereocenters. The van der Waals surface area contributed by atoms with Gasteiger partial charge in [-0.3, -0.25) is 4.79 Å². The van der Waals surface area contributed by atoms with Crippen LogP contribution in [0.4, 0.5) is 4.39 Å². The molecule has 0 saturated carbocycles. The number of unbranched alkanes of at least 4 members (excludes halogenated alkanes) is 1. The second-order valence-corrected chi connectivity index (χ2v) is 7.83. The first-order valence-electron chi connectivity index (χ1n) is 8.51. The van der Waals surface area contributed by atoms with E-state index in [0.29, 0.717) is 12.8 Å². The number of carbonyl (C=O) groups is 1. The molecule has 6 nitrogen and oxygen atoms in total. The number of hydrogen-bond donors (Lipinski definition) is 0. The topological polar surface area (TPSA) is 72.9 Å². The molecule has 0 aliphatic carbocycles. The molecule has 0 aromatic heterocycles. The molecule has 0 fully saturated rings. The van der Waals surface area contributed by atoms with Gasteiger partial charge in [-0.1, -0.05) is 26.3 Å². The number of rotatable bonds is 7. The fraction of sp³-hybridized carbons (Fsp3) is 0.588. The maximum Gasteiger partial charge on any atom is 0.305 e. The van der Waals surface area contributed by atoms with Crippen molar-refractivity contribution in [2.75, 3.05) is 19.7 Å². The molecule has 0 spiro atoms. The van der Waals surface area contributed by atoms with Gasteiger partial charge in [0.15, 0.2) is 4.90 Å². The summed E-state index contributed by atoms with van der Waals surface area (Å²) in [6.45, 7) is 4.00. The molecule has 2 rings (SSSR count). The lowest BCUT2D eigenvalue weighted by atomic mass is 10.3. The fourth-order valence-electron chi connectivity index (χ4n) is 2.60. The minimum atomic E-state index is -4.01. The number of fused-ring (bicyclic) bond motifs is 1. The van der Waals surface area contributed by atoms with Crippen molar-refractivity contribution in [3.05, 3.63) is 24.0 Å². The Balaban J connectivity index is 2.30. The Morgan fingerprint density at radius 2 is 2.12 bits per heavy atom. The molecule has 1 aliphatic rings. The van der Waals surface area contributed by atoms with Crippen molar-refractivity contribution in [1.82, 2.24) is 4.31 Å². The molecule has 25 heavy (non-hydrogen) atoms. The normalized spacial score (nSPS) is 19.6. The second-order valence-electron chi connectivity index (χ2n) is 5.96. The molecule has 1 aliphatic heterocycles. The van der Waals surface area contributed by atoms with E-state index in [1.165, 1.54) is 16.4 Å². The van der Waals surface area contributed by atoms with Crippen LogP contribution >= 0.6 is 0 Å². The van der Waals surface area contributed by atoms with Crippen molar-refractivity contribution < 1.29 is 27.1 Å². The zero-order chi connectivity index (χ0) is 18.4. The zero-order valence-corrected chi connectivity index (χ0v) is 15.4. The average molecular weight is 373 g/mol. The lowest BCUT2D eigenvalue weighted by Gasteiger charge is -2.22. The highest BCUT2D eigenvalue weighted by Gasteiger charge is 2.37. The van der Waals surface area contributed by atoms with E-state index in [9.17, 15) is 17.6 Å². The maximum atomic E-state index is 14.2. The predicted octanol–water partition coefficient (Wildman–Crippen LogP) is 2.72. The van der Waals surface area contributed by atoms with Gasteiger partial charge < -0.3 is 9.47 Å².